The summed E-state index contributed by atoms with van der Waals surface area (Å²) in [7, 11) is 0. The third-order valence-electron chi connectivity index (χ3n) is 3.24. The van der Waals surface area contributed by atoms with Gasteiger partial charge in [0.05, 0.1) is 12.6 Å². The number of anilines is 1. The average molecular weight is 245 g/mol. The van der Waals surface area contributed by atoms with E-state index in [2.05, 4.69) is 28.5 Å². The molecule has 1 atom stereocenters. The molecular formula is C14H15NOS. The second-order valence-corrected chi connectivity index (χ2v) is 5.40. The Morgan fingerprint density at radius 1 is 1.24 bits per heavy atom. The quantitative estimate of drug-likeness (QED) is 0.878. The van der Waals surface area contributed by atoms with E-state index >= 15 is 0 Å². The molecular weight excluding hydrogens is 230 g/mol. The van der Waals surface area contributed by atoms with E-state index in [-0.39, 0.29) is 6.10 Å². The van der Waals surface area contributed by atoms with E-state index in [1.54, 1.807) is 11.3 Å². The maximum atomic E-state index is 9.98. The van der Waals surface area contributed by atoms with Gasteiger partial charge in [-0.05, 0) is 23.9 Å². The number of rotatable bonds is 2. The first kappa shape index (κ1) is 10.8. The molecule has 0 aliphatic carbocycles. The molecule has 0 saturated carbocycles. The van der Waals surface area contributed by atoms with Gasteiger partial charge in [0.1, 0.15) is 0 Å². The normalized spacial score (nSPS) is 19.1. The number of nitrogens with zero attached hydrogens (tertiary/aromatic N) is 1. The van der Waals surface area contributed by atoms with Crippen LogP contribution >= 0.6 is 11.3 Å². The SMILES string of the molecule is OC1CCN(Cc2cccs2)c2ccccc21. The van der Waals surface area contributed by atoms with E-state index in [4.69, 9.17) is 0 Å². The summed E-state index contributed by atoms with van der Waals surface area (Å²) in [6, 6.07) is 12.4. The van der Waals surface area contributed by atoms with Gasteiger partial charge in [-0.2, -0.15) is 0 Å². The first-order chi connectivity index (χ1) is 8.34. The van der Waals surface area contributed by atoms with E-state index in [0.29, 0.717) is 0 Å². The molecule has 0 saturated heterocycles. The highest BCUT2D eigenvalue weighted by atomic mass is 32.1. The lowest BCUT2D eigenvalue weighted by Gasteiger charge is -2.33. The minimum atomic E-state index is -0.300. The summed E-state index contributed by atoms with van der Waals surface area (Å²) in [5, 5.41) is 12.1. The summed E-state index contributed by atoms with van der Waals surface area (Å²) in [6.45, 7) is 1.87. The van der Waals surface area contributed by atoms with Crippen LogP contribution in [0.5, 0.6) is 0 Å². The number of fused-ring (bicyclic) bond motifs is 1. The molecule has 88 valence electrons. The molecule has 0 bridgehead atoms. The summed E-state index contributed by atoms with van der Waals surface area (Å²) < 4.78 is 0. The van der Waals surface area contributed by atoms with Crippen LogP contribution in [0.25, 0.3) is 0 Å². The van der Waals surface area contributed by atoms with E-state index in [0.717, 1.165) is 25.1 Å². The highest BCUT2D eigenvalue weighted by Gasteiger charge is 2.22. The second-order valence-electron chi connectivity index (χ2n) is 4.36. The Bertz CT molecular complexity index is 495. The van der Waals surface area contributed by atoms with E-state index in [1.165, 1.54) is 10.6 Å². The number of aliphatic hydroxyl groups is 1. The summed E-state index contributed by atoms with van der Waals surface area (Å²) in [5.41, 5.74) is 2.25. The van der Waals surface area contributed by atoms with Gasteiger partial charge >= 0.3 is 0 Å². The third kappa shape index (κ3) is 2.08. The van der Waals surface area contributed by atoms with Crippen LogP contribution in [0.15, 0.2) is 41.8 Å². The first-order valence-electron chi connectivity index (χ1n) is 5.89. The lowest BCUT2D eigenvalue weighted by atomic mass is 9.99. The van der Waals surface area contributed by atoms with Crippen molar-refractivity contribution in [2.45, 2.75) is 19.1 Å². The van der Waals surface area contributed by atoms with Crippen molar-refractivity contribution in [1.82, 2.24) is 0 Å². The van der Waals surface area contributed by atoms with Crippen LogP contribution in [0.3, 0.4) is 0 Å². The molecule has 2 heterocycles. The van der Waals surface area contributed by atoms with Gasteiger partial charge in [-0.25, -0.2) is 0 Å². The molecule has 3 rings (SSSR count). The van der Waals surface area contributed by atoms with Crippen molar-refractivity contribution in [3.05, 3.63) is 52.2 Å². The van der Waals surface area contributed by atoms with Gasteiger partial charge in [0.15, 0.2) is 0 Å². The minimum Gasteiger partial charge on any atom is -0.388 e. The zero-order valence-corrected chi connectivity index (χ0v) is 10.4. The predicted molar refractivity (Wildman–Crippen MR) is 71.4 cm³/mol. The highest BCUT2D eigenvalue weighted by Crippen LogP contribution is 2.34. The molecule has 1 aliphatic rings. The van der Waals surface area contributed by atoms with Crippen molar-refractivity contribution in [2.24, 2.45) is 0 Å². The Hall–Kier alpha value is -1.32. The molecule has 1 N–H and O–H groups in total. The Morgan fingerprint density at radius 2 is 2.12 bits per heavy atom. The van der Waals surface area contributed by atoms with E-state index in [1.807, 2.05) is 18.2 Å². The van der Waals surface area contributed by atoms with Crippen LogP contribution in [0.1, 0.15) is 23.0 Å². The van der Waals surface area contributed by atoms with Crippen LogP contribution in [0.4, 0.5) is 5.69 Å². The monoisotopic (exact) mass is 245 g/mol. The zero-order valence-electron chi connectivity index (χ0n) is 9.54. The van der Waals surface area contributed by atoms with Gasteiger partial charge in [0.25, 0.3) is 0 Å². The highest BCUT2D eigenvalue weighted by molar-refractivity contribution is 7.09. The number of hydrogen-bond donors (Lipinski definition) is 1. The molecule has 3 heteroatoms. The summed E-state index contributed by atoms with van der Waals surface area (Å²) in [6.07, 6.45) is 0.522. The topological polar surface area (TPSA) is 23.5 Å². The van der Waals surface area contributed by atoms with E-state index in [9.17, 15) is 5.11 Å². The molecule has 1 aromatic heterocycles. The fourth-order valence-corrected chi connectivity index (χ4v) is 3.09. The van der Waals surface area contributed by atoms with Crippen LogP contribution in [0.2, 0.25) is 0 Å². The Labute approximate surface area is 105 Å². The molecule has 2 aromatic rings. The van der Waals surface area contributed by atoms with Crippen LogP contribution < -0.4 is 4.90 Å². The molecule has 0 radical (unpaired) electrons. The minimum absolute atomic E-state index is 0.300. The second kappa shape index (κ2) is 4.51. The molecule has 17 heavy (non-hydrogen) atoms. The van der Waals surface area contributed by atoms with E-state index < -0.39 is 0 Å². The molecule has 1 unspecified atom stereocenters. The fraction of sp³-hybridized carbons (Fsp3) is 0.286. The standard InChI is InChI=1S/C14H15NOS/c16-14-7-8-15(10-11-4-3-9-17-11)13-6-2-1-5-12(13)14/h1-6,9,14,16H,7-8,10H2. The van der Waals surface area contributed by atoms with Crippen molar-refractivity contribution < 1.29 is 5.11 Å². The zero-order chi connectivity index (χ0) is 11.7. The van der Waals surface area contributed by atoms with Crippen LogP contribution in [0, 0.1) is 0 Å². The van der Waals surface area contributed by atoms with Crippen molar-refractivity contribution in [2.75, 3.05) is 11.4 Å². The van der Waals surface area contributed by atoms with Crippen molar-refractivity contribution in [3.8, 4) is 0 Å². The molecule has 1 aromatic carbocycles. The molecule has 1 aliphatic heterocycles. The maximum Gasteiger partial charge on any atom is 0.0826 e. The number of aliphatic hydroxyl groups excluding tert-OH is 1. The Morgan fingerprint density at radius 3 is 2.94 bits per heavy atom. The Kier molecular flexibility index (Phi) is 2.87. The largest absolute Gasteiger partial charge is 0.388 e. The lowest BCUT2D eigenvalue weighted by molar-refractivity contribution is 0.164. The molecule has 0 fully saturated rings. The van der Waals surface area contributed by atoms with Crippen LogP contribution in [-0.2, 0) is 6.54 Å². The number of para-hydroxylation sites is 1. The molecule has 0 amide bonds. The summed E-state index contributed by atoms with van der Waals surface area (Å²) in [5.74, 6) is 0. The Balaban J connectivity index is 1.90. The van der Waals surface area contributed by atoms with Crippen molar-refractivity contribution >= 4 is 17.0 Å². The average Bonchev–Trinajstić information content (AvgIpc) is 2.86. The summed E-state index contributed by atoms with van der Waals surface area (Å²) >= 11 is 1.79. The number of thiophene rings is 1. The number of benzene rings is 1. The number of hydrogen-bond acceptors (Lipinski definition) is 3. The van der Waals surface area contributed by atoms with Gasteiger partial charge in [-0.1, -0.05) is 24.3 Å². The summed E-state index contributed by atoms with van der Waals surface area (Å²) in [4.78, 5) is 3.73. The van der Waals surface area contributed by atoms with Crippen LogP contribution in [-0.4, -0.2) is 11.7 Å². The van der Waals surface area contributed by atoms with Gasteiger partial charge < -0.3 is 10.0 Å². The molecule has 2 nitrogen and oxygen atoms in total. The lowest BCUT2D eigenvalue weighted by Crippen LogP contribution is -2.30. The predicted octanol–water partition coefficient (Wildman–Crippen LogP) is 3.19. The first-order valence-corrected chi connectivity index (χ1v) is 6.77. The van der Waals surface area contributed by atoms with Crippen molar-refractivity contribution in [3.63, 3.8) is 0 Å². The molecule has 0 spiro atoms. The fourth-order valence-electron chi connectivity index (χ4n) is 2.37. The smallest absolute Gasteiger partial charge is 0.0826 e. The maximum absolute atomic E-state index is 9.98. The van der Waals surface area contributed by atoms with Gasteiger partial charge in [-0.15, -0.1) is 11.3 Å². The van der Waals surface area contributed by atoms with Gasteiger partial charge in [0, 0.05) is 22.7 Å². The third-order valence-corrected chi connectivity index (χ3v) is 4.10. The van der Waals surface area contributed by atoms with Gasteiger partial charge in [-0.3, -0.25) is 0 Å². The van der Waals surface area contributed by atoms with Crippen molar-refractivity contribution in [1.29, 1.82) is 0 Å². The van der Waals surface area contributed by atoms with Gasteiger partial charge in [0.2, 0.25) is 0 Å².